The number of piperidine rings is 1. The Bertz CT molecular complexity index is 1070. The molecule has 1 aromatic heterocycles. The Morgan fingerprint density at radius 1 is 1.23 bits per heavy atom. The second kappa shape index (κ2) is 7.64. The van der Waals surface area contributed by atoms with Crippen molar-refractivity contribution in [3.63, 3.8) is 0 Å². The van der Waals surface area contributed by atoms with Gasteiger partial charge >= 0.3 is 11.6 Å². The van der Waals surface area contributed by atoms with E-state index in [0.717, 1.165) is 41.6 Å². The molecular formula is C24H34N2O5+2. The minimum Gasteiger partial charge on any atom is -0.469 e. The van der Waals surface area contributed by atoms with Crippen LogP contribution < -0.4 is 20.6 Å². The molecule has 1 aromatic carbocycles. The Kier molecular flexibility index (Phi) is 5.38. The number of ether oxygens (including phenoxy) is 2. The number of hydrogen-bond donors (Lipinski definition) is 2. The number of aryl methyl sites for hydroxylation is 1. The summed E-state index contributed by atoms with van der Waals surface area (Å²) >= 11 is 0. The molecule has 1 saturated heterocycles. The topological polar surface area (TPSA) is 86.8 Å². The van der Waals surface area contributed by atoms with Gasteiger partial charge in [0.1, 0.15) is 18.3 Å². The van der Waals surface area contributed by atoms with Gasteiger partial charge in [0.05, 0.1) is 48.6 Å². The second-order valence-electron chi connectivity index (χ2n) is 10.5. The standard InChI is InChI=1S/C24H32N2O5/c1-14-16-7-8-19-18(21(16)31-22(28)17(14)9-20(27)29-6)12-26(13-30-19)15-10-23(2,3)25-24(4,5)11-15/h7-8,15,25H,9-13H2,1-6H3/p+2. The molecule has 1 fully saturated rings. The van der Waals surface area contributed by atoms with E-state index in [1.807, 2.05) is 19.1 Å². The average molecular weight is 431 g/mol. The maximum atomic E-state index is 12.7. The highest BCUT2D eigenvalue weighted by molar-refractivity contribution is 5.87. The molecule has 2 aliphatic heterocycles. The van der Waals surface area contributed by atoms with E-state index in [-0.39, 0.29) is 17.5 Å². The zero-order valence-electron chi connectivity index (χ0n) is 19.4. The highest BCUT2D eigenvalue weighted by Gasteiger charge is 2.46. The molecule has 0 aliphatic carbocycles. The molecule has 1 unspecified atom stereocenters. The highest BCUT2D eigenvalue weighted by Crippen LogP contribution is 2.31. The summed E-state index contributed by atoms with van der Waals surface area (Å²) in [6, 6.07) is 4.33. The number of hydrogen-bond acceptors (Lipinski definition) is 5. The van der Waals surface area contributed by atoms with Gasteiger partial charge in [0.15, 0.2) is 5.58 Å². The minimum atomic E-state index is -0.481. The van der Waals surface area contributed by atoms with E-state index in [9.17, 15) is 9.59 Å². The van der Waals surface area contributed by atoms with Crippen LogP contribution in [-0.2, 0) is 22.5 Å². The Balaban J connectivity index is 1.71. The summed E-state index contributed by atoms with van der Waals surface area (Å²) in [6.07, 6.45) is 2.11. The molecule has 31 heavy (non-hydrogen) atoms. The quantitative estimate of drug-likeness (QED) is 0.557. The van der Waals surface area contributed by atoms with Gasteiger partial charge in [-0.05, 0) is 52.3 Å². The van der Waals surface area contributed by atoms with Gasteiger partial charge in [-0.1, -0.05) is 0 Å². The van der Waals surface area contributed by atoms with Gasteiger partial charge in [0.25, 0.3) is 0 Å². The lowest BCUT2D eigenvalue weighted by Crippen LogP contribution is -3.19. The zero-order valence-corrected chi connectivity index (χ0v) is 19.4. The van der Waals surface area contributed by atoms with Gasteiger partial charge in [0.2, 0.25) is 6.73 Å². The van der Waals surface area contributed by atoms with Crippen molar-refractivity contribution in [3.05, 3.63) is 39.2 Å². The van der Waals surface area contributed by atoms with Gasteiger partial charge in [-0.25, -0.2) is 4.79 Å². The van der Waals surface area contributed by atoms with Crippen LogP contribution in [0.3, 0.4) is 0 Å². The van der Waals surface area contributed by atoms with Crippen LogP contribution in [0.25, 0.3) is 11.0 Å². The summed E-state index contributed by atoms with van der Waals surface area (Å²) in [5.41, 5.74) is 2.49. The summed E-state index contributed by atoms with van der Waals surface area (Å²) in [5, 5.41) is 3.33. The fourth-order valence-corrected chi connectivity index (χ4v) is 5.73. The first kappa shape index (κ1) is 21.8. The molecular weight excluding hydrogens is 396 g/mol. The number of methoxy groups -OCH3 is 1. The van der Waals surface area contributed by atoms with E-state index in [2.05, 4.69) is 33.0 Å². The lowest BCUT2D eigenvalue weighted by molar-refractivity contribution is -0.969. The van der Waals surface area contributed by atoms with Crippen molar-refractivity contribution in [3.8, 4) is 5.75 Å². The normalized spacial score (nSPS) is 22.6. The lowest BCUT2D eigenvalue weighted by Gasteiger charge is -2.45. The predicted molar refractivity (Wildman–Crippen MR) is 116 cm³/mol. The average Bonchev–Trinajstić information content (AvgIpc) is 2.68. The van der Waals surface area contributed by atoms with Gasteiger partial charge in [-0.2, -0.15) is 0 Å². The van der Waals surface area contributed by atoms with E-state index in [1.165, 1.54) is 12.0 Å². The van der Waals surface area contributed by atoms with Crippen molar-refractivity contribution in [2.75, 3.05) is 13.8 Å². The van der Waals surface area contributed by atoms with E-state index in [4.69, 9.17) is 13.9 Å². The summed E-state index contributed by atoms with van der Waals surface area (Å²) in [7, 11) is 1.32. The van der Waals surface area contributed by atoms with Crippen LogP contribution in [0.15, 0.2) is 21.3 Å². The second-order valence-corrected chi connectivity index (χ2v) is 10.5. The fraction of sp³-hybridized carbons (Fsp3) is 0.583. The molecule has 3 heterocycles. The van der Waals surface area contributed by atoms with Crippen molar-refractivity contribution in [1.29, 1.82) is 0 Å². The summed E-state index contributed by atoms with van der Waals surface area (Å²) in [4.78, 5) is 25.8. The van der Waals surface area contributed by atoms with Crippen molar-refractivity contribution in [1.82, 2.24) is 0 Å². The molecule has 0 saturated carbocycles. The summed E-state index contributed by atoms with van der Waals surface area (Å²) in [6.45, 7) is 12.4. The number of rotatable bonds is 3. The largest absolute Gasteiger partial charge is 0.469 e. The molecule has 7 heteroatoms. The Morgan fingerprint density at radius 3 is 2.55 bits per heavy atom. The van der Waals surface area contributed by atoms with Gasteiger partial charge in [0, 0.05) is 5.39 Å². The van der Waals surface area contributed by atoms with Crippen LogP contribution in [-0.4, -0.2) is 36.9 Å². The number of nitrogens with one attached hydrogen (secondary N) is 1. The van der Waals surface area contributed by atoms with E-state index < -0.39 is 11.6 Å². The number of carbonyl (C=O) groups excluding carboxylic acids is 1. The van der Waals surface area contributed by atoms with Crippen LogP contribution in [0.2, 0.25) is 0 Å². The first-order chi connectivity index (χ1) is 14.5. The van der Waals surface area contributed by atoms with Crippen molar-refractivity contribution in [2.24, 2.45) is 0 Å². The monoisotopic (exact) mass is 430 g/mol. The molecule has 2 aliphatic rings. The van der Waals surface area contributed by atoms with Crippen molar-refractivity contribution < 1.29 is 28.9 Å². The van der Waals surface area contributed by atoms with Crippen LogP contribution >= 0.6 is 0 Å². The van der Waals surface area contributed by atoms with E-state index in [0.29, 0.717) is 23.9 Å². The van der Waals surface area contributed by atoms with Crippen LogP contribution in [0.4, 0.5) is 0 Å². The van der Waals surface area contributed by atoms with Crippen molar-refractivity contribution in [2.45, 2.75) is 77.5 Å². The Hall–Kier alpha value is -2.38. The molecule has 0 amide bonds. The molecule has 0 bridgehead atoms. The SMILES string of the molecule is COC(=O)Cc1c(C)c2ccc3c(c2oc1=O)C[NH+](C1CC(C)(C)[NH2+]C(C)(C)C1)CO3. The molecule has 168 valence electrons. The molecule has 2 aromatic rings. The van der Waals surface area contributed by atoms with Crippen LogP contribution in [0.5, 0.6) is 5.75 Å². The van der Waals surface area contributed by atoms with Crippen LogP contribution in [0, 0.1) is 6.92 Å². The molecule has 0 spiro atoms. The fourth-order valence-electron chi connectivity index (χ4n) is 5.73. The van der Waals surface area contributed by atoms with Gasteiger partial charge < -0.3 is 19.2 Å². The van der Waals surface area contributed by atoms with Crippen LogP contribution in [0.1, 0.15) is 57.2 Å². The maximum Gasteiger partial charge on any atom is 0.340 e. The van der Waals surface area contributed by atoms with Gasteiger partial charge in [-0.15, -0.1) is 0 Å². The predicted octanol–water partition coefficient (Wildman–Crippen LogP) is 0.835. The Morgan fingerprint density at radius 2 is 1.90 bits per heavy atom. The number of carbonyl (C=O) groups is 1. The number of benzene rings is 1. The number of esters is 1. The van der Waals surface area contributed by atoms with Crippen molar-refractivity contribution >= 4 is 16.9 Å². The number of fused-ring (bicyclic) bond motifs is 3. The molecule has 1 atom stereocenters. The summed E-state index contributed by atoms with van der Waals surface area (Å²) in [5.74, 6) is 0.325. The third kappa shape index (κ3) is 4.21. The third-order valence-corrected chi connectivity index (χ3v) is 6.78. The maximum absolute atomic E-state index is 12.7. The first-order valence-electron chi connectivity index (χ1n) is 11.0. The molecule has 0 radical (unpaired) electrons. The van der Waals surface area contributed by atoms with Gasteiger partial charge in [-0.3, -0.25) is 9.69 Å². The first-order valence-corrected chi connectivity index (χ1v) is 11.0. The summed E-state index contributed by atoms with van der Waals surface area (Å²) < 4.78 is 16.7. The minimum absolute atomic E-state index is 0.0890. The number of quaternary nitrogens is 2. The highest BCUT2D eigenvalue weighted by atomic mass is 16.5. The molecule has 4 rings (SSSR count). The lowest BCUT2D eigenvalue weighted by atomic mass is 9.79. The smallest absolute Gasteiger partial charge is 0.340 e. The Labute approximate surface area is 182 Å². The van der Waals surface area contributed by atoms with E-state index in [1.54, 1.807) is 0 Å². The number of nitrogens with two attached hydrogens (primary N) is 1. The molecule has 7 nitrogen and oxygen atoms in total. The molecule has 3 N–H and O–H groups in total. The zero-order chi connectivity index (χ0) is 22.6. The third-order valence-electron chi connectivity index (χ3n) is 6.78. The van der Waals surface area contributed by atoms with E-state index >= 15 is 0 Å².